The van der Waals surface area contributed by atoms with Crippen molar-refractivity contribution in [2.45, 2.75) is 245 Å². The van der Waals surface area contributed by atoms with Gasteiger partial charge >= 0.3 is 0 Å². The molecule has 1 radical (unpaired) electrons. The monoisotopic (exact) mass is 576 g/mol. The number of Topliss-reactive ketones (excluding diaryl/α,β-unsaturated/α-hetero) is 1. The van der Waals surface area contributed by atoms with Crippen LogP contribution in [0.4, 0.5) is 0 Å². The molecular weight excluding hydrogens is 496 g/mol. The summed E-state index contributed by atoms with van der Waals surface area (Å²) >= 11 is 0. The Hall–Kier alpha value is -0.330. The van der Waals surface area contributed by atoms with Gasteiger partial charge in [0.05, 0.1) is 0 Å². The van der Waals surface area contributed by atoms with Gasteiger partial charge in [-0.05, 0) is 12.8 Å². The maximum atomic E-state index is 12.1. The second-order valence-corrected chi connectivity index (χ2v) is 13.5. The SMILES string of the molecule is CCCCCCCCCCCCCCCCCCCCC[CH]C(=O)CCCCCCCCCCCCCCCCC. The normalized spacial score (nSPS) is 11.5. The van der Waals surface area contributed by atoms with E-state index in [0.717, 1.165) is 19.3 Å². The summed E-state index contributed by atoms with van der Waals surface area (Å²) in [7, 11) is 0. The van der Waals surface area contributed by atoms with Gasteiger partial charge in [0.15, 0.2) is 0 Å². The van der Waals surface area contributed by atoms with E-state index in [0.29, 0.717) is 5.78 Å². The standard InChI is InChI=1S/C40H79O/c1-3-5-7-9-11-13-15-17-19-20-21-22-23-25-27-29-31-33-35-37-39-40(41)38-36-34-32-30-28-26-24-18-16-14-12-10-8-6-4-2/h39H,3-38H2,1-2H3. The average molecular weight is 576 g/mol. The lowest BCUT2D eigenvalue weighted by Gasteiger charge is -2.04. The van der Waals surface area contributed by atoms with Gasteiger partial charge in [-0.1, -0.05) is 226 Å². The Kier molecular flexibility index (Phi) is 37.4. The molecule has 0 spiro atoms. The lowest BCUT2D eigenvalue weighted by atomic mass is 10.0. The molecule has 0 fully saturated rings. The Balaban J connectivity index is 3.14. The van der Waals surface area contributed by atoms with Crippen LogP contribution in [-0.4, -0.2) is 5.78 Å². The molecule has 1 heteroatoms. The van der Waals surface area contributed by atoms with Gasteiger partial charge in [-0.15, -0.1) is 0 Å². The lowest BCUT2D eigenvalue weighted by molar-refractivity contribution is -0.116. The number of rotatable bonds is 37. The zero-order valence-corrected chi connectivity index (χ0v) is 28.9. The van der Waals surface area contributed by atoms with Crippen molar-refractivity contribution in [2.24, 2.45) is 0 Å². The van der Waals surface area contributed by atoms with E-state index >= 15 is 0 Å². The maximum absolute atomic E-state index is 12.1. The van der Waals surface area contributed by atoms with E-state index in [2.05, 4.69) is 13.8 Å². The highest BCUT2D eigenvalue weighted by Crippen LogP contribution is 2.16. The molecule has 0 bridgehead atoms. The van der Waals surface area contributed by atoms with Crippen molar-refractivity contribution in [3.63, 3.8) is 0 Å². The van der Waals surface area contributed by atoms with E-state index in [1.807, 2.05) is 6.42 Å². The fourth-order valence-corrected chi connectivity index (χ4v) is 6.26. The molecule has 0 aromatic heterocycles. The van der Waals surface area contributed by atoms with Crippen LogP contribution in [0.15, 0.2) is 0 Å². The molecule has 0 aliphatic heterocycles. The molecule has 0 aromatic rings. The minimum Gasteiger partial charge on any atom is -0.299 e. The molecule has 0 aliphatic carbocycles. The second-order valence-electron chi connectivity index (χ2n) is 13.5. The van der Waals surface area contributed by atoms with E-state index < -0.39 is 0 Å². The van der Waals surface area contributed by atoms with Gasteiger partial charge in [-0.25, -0.2) is 0 Å². The molecule has 0 atom stereocenters. The van der Waals surface area contributed by atoms with Gasteiger partial charge in [-0.3, -0.25) is 4.79 Å². The molecule has 0 saturated heterocycles. The zero-order chi connectivity index (χ0) is 29.7. The average Bonchev–Trinajstić information content (AvgIpc) is 2.98. The summed E-state index contributed by atoms with van der Waals surface area (Å²) in [6.07, 6.45) is 51.6. The Bertz CT molecular complexity index is 469. The van der Waals surface area contributed by atoms with Crippen LogP contribution in [0.1, 0.15) is 245 Å². The molecule has 41 heavy (non-hydrogen) atoms. The van der Waals surface area contributed by atoms with Crippen molar-refractivity contribution >= 4 is 5.78 Å². The van der Waals surface area contributed by atoms with Crippen LogP contribution < -0.4 is 0 Å². The van der Waals surface area contributed by atoms with Crippen molar-refractivity contribution in [2.75, 3.05) is 0 Å². The second kappa shape index (κ2) is 37.7. The van der Waals surface area contributed by atoms with Crippen LogP contribution in [-0.2, 0) is 4.79 Å². The van der Waals surface area contributed by atoms with Gasteiger partial charge < -0.3 is 0 Å². The Morgan fingerprint density at radius 3 is 0.805 bits per heavy atom. The number of carbonyl (C=O) groups excluding carboxylic acids is 1. The quantitative estimate of drug-likeness (QED) is 0.0673. The van der Waals surface area contributed by atoms with E-state index in [-0.39, 0.29) is 0 Å². The van der Waals surface area contributed by atoms with Crippen LogP contribution in [0.25, 0.3) is 0 Å². The minimum atomic E-state index is 0.405. The van der Waals surface area contributed by atoms with E-state index in [1.165, 1.54) is 212 Å². The number of carbonyl (C=O) groups is 1. The first-order valence-corrected chi connectivity index (χ1v) is 19.7. The first kappa shape index (κ1) is 40.7. The molecule has 0 aliphatic rings. The first-order chi connectivity index (χ1) is 20.3. The van der Waals surface area contributed by atoms with Crippen LogP contribution in [0, 0.1) is 6.42 Å². The van der Waals surface area contributed by atoms with Crippen molar-refractivity contribution in [1.82, 2.24) is 0 Å². The molecule has 0 saturated carbocycles. The summed E-state index contributed by atoms with van der Waals surface area (Å²) in [5.74, 6) is 0.405. The summed E-state index contributed by atoms with van der Waals surface area (Å²) < 4.78 is 0. The van der Waals surface area contributed by atoms with Crippen LogP contribution in [0.5, 0.6) is 0 Å². The van der Waals surface area contributed by atoms with E-state index in [9.17, 15) is 4.79 Å². The predicted molar refractivity (Wildman–Crippen MR) is 187 cm³/mol. The van der Waals surface area contributed by atoms with Gasteiger partial charge in [0.1, 0.15) is 5.78 Å². The van der Waals surface area contributed by atoms with Crippen LogP contribution in [0.3, 0.4) is 0 Å². The first-order valence-electron chi connectivity index (χ1n) is 19.7. The van der Waals surface area contributed by atoms with Gasteiger partial charge in [0.25, 0.3) is 0 Å². The van der Waals surface area contributed by atoms with Gasteiger partial charge in [0, 0.05) is 12.8 Å². The number of unbranched alkanes of at least 4 members (excludes halogenated alkanes) is 33. The highest BCUT2D eigenvalue weighted by molar-refractivity contribution is 5.86. The smallest absolute Gasteiger partial charge is 0.136 e. The number of ketones is 1. The summed E-state index contributed by atoms with van der Waals surface area (Å²) in [5.41, 5.74) is 0. The molecule has 245 valence electrons. The topological polar surface area (TPSA) is 17.1 Å². The number of hydrogen-bond acceptors (Lipinski definition) is 1. The van der Waals surface area contributed by atoms with Gasteiger partial charge in [0.2, 0.25) is 0 Å². The summed E-state index contributed by atoms with van der Waals surface area (Å²) in [5, 5.41) is 0. The molecule has 0 amide bonds. The maximum Gasteiger partial charge on any atom is 0.136 e. The lowest BCUT2D eigenvalue weighted by Crippen LogP contribution is -1.98. The molecule has 0 aromatic carbocycles. The largest absolute Gasteiger partial charge is 0.299 e. The summed E-state index contributed by atoms with van der Waals surface area (Å²) in [6, 6.07) is 0. The third-order valence-electron chi connectivity index (χ3n) is 9.21. The minimum absolute atomic E-state index is 0.405. The third kappa shape index (κ3) is 37.6. The zero-order valence-electron chi connectivity index (χ0n) is 28.9. The molecule has 0 rings (SSSR count). The highest BCUT2D eigenvalue weighted by Gasteiger charge is 2.03. The molecule has 1 nitrogen and oxygen atoms in total. The summed E-state index contributed by atoms with van der Waals surface area (Å²) in [4.78, 5) is 12.1. The molecule has 0 N–H and O–H groups in total. The fourth-order valence-electron chi connectivity index (χ4n) is 6.26. The summed E-state index contributed by atoms with van der Waals surface area (Å²) in [6.45, 7) is 4.59. The van der Waals surface area contributed by atoms with Crippen molar-refractivity contribution in [3.8, 4) is 0 Å². The molecule has 0 heterocycles. The highest BCUT2D eigenvalue weighted by atomic mass is 16.1. The predicted octanol–water partition coefficient (Wildman–Crippen LogP) is 14.8. The van der Waals surface area contributed by atoms with Crippen LogP contribution in [0.2, 0.25) is 0 Å². The number of hydrogen-bond donors (Lipinski definition) is 0. The Labute approximate surface area is 261 Å². The van der Waals surface area contributed by atoms with Crippen molar-refractivity contribution in [3.05, 3.63) is 6.42 Å². The Morgan fingerprint density at radius 2 is 0.537 bits per heavy atom. The van der Waals surface area contributed by atoms with Crippen LogP contribution >= 0.6 is 0 Å². The van der Waals surface area contributed by atoms with Gasteiger partial charge in [-0.2, -0.15) is 0 Å². The van der Waals surface area contributed by atoms with E-state index in [1.54, 1.807) is 0 Å². The third-order valence-corrected chi connectivity index (χ3v) is 9.21. The Morgan fingerprint density at radius 1 is 0.317 bits per heavy atom. The van der Waals surface area contributed by atoms with E-state index in [4.69, 9.17) is 0 Å². The molecular formula is C40H79O. The fraction of sp³-hybridized carbons (Fsp3) is 0.950. The van der Waals surface area contributed by atoms with Crippen molar-refractivity contribution < 1.29 is 4.79 Å². The molecule has 0 unspecified atom stereocenters. The van der Waals surface area contributed by atoms with Crippen molar-refractivity contribution in [1.29, 1.82) is 0 Å².